The molecule has 5 rings (SSSR count). The summed E-state index contributed by atoms with van der Waals surface area (Å²) in [6.07, 6.45) is 5.34. The topological polar surface area (TPSA) is 77.1 Å². The number of amides is 1. The third-order valence-electron chi connectivity index (χ3n) is 5.47. The van der Waals surface area contributed by atoms with Gasteiger partial charge in [0.25, 0.3) is 5.91 Å². The van der Waals surface area contributed by atoms with Gasteiger partial charge in [-0.15, -0.1) is 10.2 Å². The SMILES string of the molecule is Cc1nc(-n2cccc2)sc1C(=O)N1CCC(c2nnc(-c3ccc(F)cc3)o2)CC1. The van der Waals surface area contributed by atoms with Crippen LogP contribution in [0.15, 0.2) is 53.2 Å². The highest BCUT2D eigenvalue weighted by Gasteiger charge is 2.29. The van der Waals surface area contributed by atoms with Crippen molar-refractivity contribution in [2.45, 2.75) is 25.7 Å². The van der Waals surface area contributed by atoms with Gasteiger partial charge in [0.2, 0.25) is 11.8 Å². The fraction of sp³-hybridized carbons (Fsp3) is 0.273. The molecule has 1 amide bonds. The maximum Gasteiger partial charge on any atom is 0.265 e. The van der Waals surface area contributed by atoms with Gasteiger partial charge < -0.3 is 13.9 Å². The first-order valence-electron chi connectivity index (χ1n) is 10.1. The Morgan fingerprint density at radius 1 is 1.13 bits per heavy atom. The summed E-state index contributed by atoms with van der Waals surface area (Å²) in [4.78, 5) is 20.2. The van der Waals surface area contributed by atoms with Gasteiger partial charge in [-0.1, -0.05) is 11.3 Å². The quantitative estimate of drug-likeness (QED) is 0.471. The fourth-order valence-electron chi connectivity index (χ4n) is 3.73. The molecule has 0 spiro atoms. The Bertz CT molecular complexity index is 1190. The molecule has 0 atom stereocenters. The number of nitrogens with zero attached hydrogens (tertiary/aromatic N) is 5. The molecule has 1 aliphatic heterocycles. The van der Waals surface area contributed by atoms with E-state index >= 15 is 0 Å². The van der Waals surface area contributed by atoms with Gasteiger partial charge in [-0.3, -0.25) is 4.79 Å². The Balaban J connectivity index is 1.25. The maximum atomic E-state index is 13.1. The number of thiazole rings is 1. The Morgan fingerprint density at radius 2 is 1.84 bits per heavy atom. The van der Waals surface area contributed by atoms with Gasteiger partial charge in [-0.05, 0) is 56.2 Å². The van der Waals surface area contributed by atoms with E-state index in [1.54, 1.807) is 12.1 Å². The van der Waals surface area contributed by atoms with E-state index in [9.17, 15) is 9.18 Å². The maximum absolute atomic E-state index is 13.1. The molecule has 1 aliphatic rings. The van der Waals surface area contributed by atoms with E-state index in [0.29, 0.717) is 35.3 Å². The number of likely N-dealkylation sites (tertiary alicyclic amines) is 1. The van der Waals surface area contributed by atoms with Crippen molar-refractivity contribution in [1.82, 2.24) is 24.6 Å². The van der Waals surface area contributed by atoms with Crippen molar-refractivity contribution >= 4 is 17.2 Å². The number of aryl methyl sites for hydroxylation is 1. The zero-order valence-corrected chi connectivity index (χ0v) is 17.7. The lowest BCUT2D eigenvalue weighted by Crippen LogP contribution is -2.37. The molecule has 0 N–H and O–H groups in total. The van der Waals surface area contributed by atoms with Gasteiger partial charge in [0.1, 0.15) is 10.7 Å². The second-order valence-corrected chi connectivity index (χ2v) is 8.50. The Labute approximate surface area is 182 Å². The van der Waals surface area contributed by atoms with Gasteiger partial charge >= 0.3 is 0 Å². The van der Waals surface area contributed by atoms with Crippen LogP contribution in [0.1, 0.15) is 40.0 Å². The Kier molecular flexibility index (Phi) is 5.11. The summed E-state index contributed by atoms with van der Waals surface area (Å²) in [7, 11) is 0. The van der Waals surface area contributed by atoms with Crippen molar-refractivity contribution in [3.8, 4) is 16.6 Å². The van der Waals surface area contributed by atoms with Crippen LogP contribution in [0, 0.1) is 12.7 Å². The monoisotopic (exact) mass is 437 g/mol. The summed E-state index contributed by atoms with van der Waals surface area (Å²) >= 11 is 1.41. The standard InChI is InChI=1S/C22H20FN5O2S/c1-14-18(31-22(24-14)28-10-2-3-11-28)21(29)27-12-8-16(9-13-27)20-26-25-19(30-20)15-4-6-17(23)7-5-15/h2-7,10-11,16H,8-9,12-13H2,1H3. The second kappa shape index (κ2) is 8.07. The molecule has 158 valence electrons. The molecule has 0 saturated carbocycles. The Hall–Kier alpha value is -3.33. The molecule has 0 unspecified atom stereocenters. The molecule has 31 heavy (non-hydrogen) atoms. The molecule has 9 heteroatoms. The number of halogens is 1. The van der Waals surface area contributed by atoms with Crippen LogP contribution in [0.4, 0.5) is 4.39 Å². The smallest absolute Gasteiger partial charge is 0.265 e. The van der Waals surface area contributed by atoms with Crippen molar-refractivity contribution in [2.24, 2.45) is 0 Å². The van der Waals surface area contributed by atoms with Crippen LogP contribution in [0.5, 0.6) is 0 Å². The zero-order chi connectivity index (χ0) is 21.4. The van der Waals surface area contributed by atoms with Crippen LogP contribution in [-0.4, -0.2) is 43.6 Å². The summed E-state index contributed by atoms with van der Waals surface area (Å²) < 4.78 is 20.9. The molecule has 4 aromatic rings. The van der Waals surface area contributed by atoms with Crippen LogP contribution in [0.25, 0.3) is 16.6 Å². The molecular weight excluding hydrogens is 417 g/mol. The molecule has 0 aliphatic carbocycles. The van der Waals surface area contributed by atoms with Crippen molar-refractivity contribution in [3.05, 3.63) is 71.1 Å². The fourth-order valence-corrected chi connectivity index (χ4v) is 4.74. The first kappa shape index (κ1) is 19.6. The zero-order valence-electron chi connectivity index (χ0n) is 16.9. The first-order chi connectivity index (χ1) is 15.1. The third-order valence-corrected chi connectivity index (χ3v) is 6.63. The number of carbonyl (C=O) groups excluding carboxylic acids is 1. The number of piperidine rings is 1. The van der Waals surface area contributed by atoms with E-state index in [0.717, 1.165) is 23.7 Å². The van der Waals surface area contributed by atoms with Crippen LogP contribution >= 0.6 is 11.3 Å². The number of benzene rings is 1. The highest BCUT2D eigenvalue weighted by Crippen LogP contribution is 2.31. The summed E-state index contributed by atoms with van der Waals surface area (Å²) in [6.45, 7) is 3.11. The van der Waals surface area contributed by atoms with Gasteiger partial charge in [0.05, 0.1) is 5.69 Å². The minimum absolute atomic E-state index is 0.0180. The largest absolute Gasteiger partial charge is 0.420 e. The van der Waals surface area contributed by atoms with Crippen molar-refractivity contribution in [1.29, 1.82) is 0 Å². The van der Waals surface area contributed by atoms with Crippen molar-refractivity contribution < 1.29 is 13.6 Å². The summed E-state index contributed by atoms with van der Waals surface area (Å²) in [5.41, 5.74) is 1.44. The number of aromatic nitrogens is 4. The lowest BCUT2D eigenvalue weighted by atomic mass is 9.96. The van der Waals surface area contributed by atoms with E-state index in [1.807, 2.05) is 40.9 Å². The summed E-state index contributed by atoms with van der Waals surface area (Å²) in [5.74, 6) is 0.756. The number of carbonyl (C=O) groups is 1. The summed E-state index contributed by atoms with van der Waals surface area (Å²) in [5, 5.41) is 9.08. The van der Waals surface area contributed by atoms with E-state index in [4.69, 9.17) is 4.42 Å². The predicted octanol–water partition coefficient (Wildman–Crippen LogP) is 4.45. The average molecular weight is 438 g/mol. The van der Waals surface area contributed by atoms with E-state index < -0.39 is 0 Å². The van der Waals surface area contributed by atoms with Crippen LogP contribution in [0.2, 0.25) is 0 Å². The number of rotatable bonds is 4. The lowest BCUT2D eigenvalue weighted by molar-refractivity contribution is 0.0710. The van der Waals surface area contributed by atoms with E-state index in [1.165, 1.54) is 23.5 Å². The van der Waals surface area contributed by atoms with Crippen molar-refractivity contribution in [3.63, 3.8) is 0 Å². The van der Waals surface area contributed by atoms with E-state index in [2.05, 4.69) is 15.2 Å². The van der Waals surface area contributed by atoms with Crippen LogP contribution < -0.4 is 0 Å². The van der Waals surface area contributed by atoms with E-state index in [-0.39, 0.29) is 17.6 Å². The first-order valence-corrected chi connectivity index (χ1v) is 10.9. The average Bonchev–Trinajstić information content (AvgIpc) is 3.55. The van der Waals surface area contributed by atoms with Gasteiger partial charge in [-0.2, -0.15) is 0 Å². The lowest BCUT2D eigenvalue weighted by Gasteiger charge is -2.30. The number of hydrogen-bond acceptors (Lipinski definition) is 6. The highest BCUT2D eigenvalue weighted by atomic mass is 32.1. The van der Waals surface area contributed by atoms with Gasteiger partial charge in [0.15, 0.2) is 5.13 Å². The molecule has 4 heterocycles. The van der Waals surface area contributed by atoms with Gasteiger partial charge in [0, 0.05) is 37.0 Å². The molecule has 1 aromatic carbocycles. The molecule has 1 fully saturated rings. The van der Waals surface area contributed by atoms with Gasteiger partial charge in [-0.25, -0.2) is 9.37 Å². The highest BCUT2D eigenvalue weighted by molar-refractivity contribution is 7.16. The molecule has 3 aromatic heterocycles. The summed E-state index contributed by atoms with van der Waals surface area (Å²) in [6, 6.07) is 9.84. The van der Waals surface area contributed by atoms with Crippen LogP contribution in [0.3, 0.4) is 0 Å². The molecule has 0 bridgehead atoms. The Morgan fingerprint density at radius 3 is 2.55 bits per heavy atom. The molecule has 7 nitrogen and oxygen atoms in total. The third kappa shape index (κ3) is 3.88. The predicted molar refractivity (Wildman–Crippen MR) is 114 cm³/mol. The molecule has 0 radical (unpaired) electrons. The minimum Gasteiger partial charge on any atom is -0.420 e. The second-order valence-electron chi connectivity index (χ2n) is 7.52. The van der Waals surface area contributed by atoms with Crippen LogP contribution in [-0.2, 0) is 0 Å². The minimum atomic E-state index is -0.308. The molecule has 1 saturated heterocycles. The van der Waals surface area contributed by atoms with Crippen molar-refractivity contribution in [2.75, 3.05) is 13.1 Å². The normalized spacial score (nSPS) is 14.8. The number of hydrogen-bond donors (Lipinski definition) is 0. The molecular formula is C22H20FN5O2S.